The molecule has 126 valence electrons. The third-order valence-corrected chi connectivity index (χ3v) is 4.24. The molecule has 0 amide bonds. The van der Waals surface area contributed by atoms with Crippen molar-refractivity contribution >= 4 is 5.97 Å². The highest BCUT2D eigenvalue weighted by atomic mass is 19.2. The quantitative estimate of drug-likeness (QED) is 0.351. The van der Waals surface area contributed by atoms with Crippen molar-refractivity contribution in [2.24, 2.45) is 17.3 Å². The average Bonchev–Trinajstić information content (AvgIpc) is 2.96. The number of hydrogen-bond acceptors (Lipinski definition) is 2. The topological polar surface area (TPSA) is 26.3 Å². The summed E-state index contributed by atoms with van der Waals surface area (Å²) in [5.74, 6) is -7.25. The number of benzene rings is 1. The first-order valence-corrected chi connectivity index (χ1v) is 7.21. The first kappa shape index (κ1) is 17.5. The van der Waals surface area contributed by atoms with Crippen molar-refractivity contribution in [3.05, 3.63) is 46.5 Å². The molecule has 2 nitrogen and oxygen atoms in total. The fourth-order valence-electron chi connectivity index (χ4n) is 2.78. The molecule has 6 heteroatoms. The van der Waals surface area contributed by atoms with E-state index in [1.807, 2.05) is 33.8 Å². The summed E-state index contributed by atoms with van der Waals surface area (Å²) >= 11 is 0. The maximum atomic E-state index is 13.5. The lowest BCUT2D eigenvalue weighted by Gasteiger charge is -2.09. The van der Waals surface area contributed by atoms with Gasteiger partial charge in [-0.1, -0.05) is 25.5 Å². The summed E-state index contributed by atoms with van der Waals surface area (Å²) in [4.78, 5) is 12.1. The molecule has 1 fully saturated rings. The van der Waals surface area contributed by atoms with E-state index in [4.69, 9.17) is 4.74 Å². The van der Waals surface area contributed by atoms with Gasteiger partial charge in [-0.05, 0) is 25.2 Å². The highest BCUT2D eigenvalue weighted by Crippen LogP contribution is 2.59. The van der Waals surface area contributed by atoms with Gasteiger partial charge in [0, 0.05) is 6.07 Å². The van der Waals surface area contributed by atoms with Crippen molar-refractivity contribution in [2.45, 2.75) is 34.3 Å². The largest absolute Gasteiger partial charge is 0.460 e. The van der Waals surface area contributed by atoms with E-state index in [1.54, 1.807) is 0 Å². The minimum Gasteiger partial charge on any atom is -0.460 e. The zero-order valence-electron chi connectivity index (χ0n) is 13.3. The average molecular weight is 330 g/mol. The smallest absolute Gasteiger partial charge is 0.310 e. The standard InChI is InChI=1S/C17H18F4O2/c1-8(2)5-10-13(17(10,3)4)16(22)23-7-9-14(20)11(18)6-12(19)15(9)21/h5-6,10,13H,7H2,1-4H3/t10-,13+/m1/s1. The van der Waals surface area contributed by atoms with Crippen LogP contribution in [0.5, 0.6) is 0 Å². The first-order valence-electron chi connectivity index (χ1n) is 7.21. The van der Waals surface area contributed by atoms with E-state index < -0.39 is 47.3 Å². The molecular formula is C17H18F4O2. The van der Waals surface area contributed by atoms with Crippen molar-refractivity contribution in [3.8, 4) is 0 Å². The Morgan fingerprint density at radius 2 is 1.70 bits per heavy atom. The predicted octanol–water partition coefficient (Wildman–Crippen LogP) is 4.52. The molecule has 0 N–H and O–H groups in total. The van der Waals surface area contributed by atoms with Crippen LogP contribution in [0.15, 0.2) is 17.7 Å². The summed E-state index contributed by atoms with van der Waals surface area (Å²) in [7, 11) is 0. The lowest BCUT2D eigenvalue weighted by atomic mass is 10.1. The van der Waals surface area contributed by atoms with Gasteiger partial charge in [-0.3, -0.25) is 4.79 Å². The molecular weight excluding hydrogens is 312 g/mol. The molecule has 0 heterocycles. The van der Waals surface area contributed by atoms with E-state index in [2.05, 4.69) is 0 Å². The van der Waals surface area contributed by atoms with E-state index >= 15 is 0 Å². The van der Waals surface area contributed by atoms with Crippen molar-refractivity contribution in [1.82, 2.24) is 0 Å². The molecule has 0 saturated heterocycles. The maximum absolute atomic E-state index is 13.5. The number of carbonyl (C=O) groups excluding carboxylic acids is 1. The molecule has 0 aromatic heterocycles. The molecule has 1 aromatic carbocycles. The minimum absolute atomic E-state index is 0.0288. The number of hydrogen-bond donors (Lipinski definition) is 0. The Hall–Kier alpha value is -1.85. The van der Waals surface area contributed by atoms with E-state index in [0.717, 1.165) is 5.57 Å². The van der Waals surface area contributed by atoms with Crippen molar-refractivity contribution < 1.29 is 27.1 Å². The molecule has 0 aliphatic heterocycles. The number of halogens is 4. The third kappa shape index (κ3) is 3.26. The summed E-state index contributed by atoms with van der Waals surface area (Å²) < 4.78 is 58.2. The molecule has 1 aromatic rings. The molecule has 23 heavy (non-hydrogen) atoms. The lowest BCUT2D eigenvalue weighted by molar-refractivity contribution is -0.147. The van der Waals surface area contributed by atoms with E-state index in [9.17, 15) is 22.4 Å². The highest BCUT2D eigenvalue weighted by Gasteiger charge is 2.61. The van der Waals surface area contributed by atoms with Crippen LogP contribution in [0.2, 0.25) is 0 Å². The zero-order chi connectivity index (χ0) is 17.5. The zero-order valence-corrected chi connectivity index (χ0v) is 13.3. The molecule has 1 saturated carbocycles. The highest BCUT2D eigenvalue weighted by molar-refractivity contribution is 5.78. The fourth-order valence-corrected chi connectivity index (χ4v) is 2.78. The van der Waals surface area contributed by atoms with Gasteiger partial charge in [0.2, 0.25) is 0 Å². The van der Waals surface area contributed by atoms with Gasteiger partial charge < -0.3 is 4.74 Å². The van der Waals surface area contributed by atoms with Gasteiger partial charge in [-0.2, -0.15) is 0 Å². The van der Waals surface area contributed by atoms with Gasteiger partial charge in [0.25, 0.3) is 0 Å². The molecule has 2 rings (SSSR count). The normalized spacial score (nSPS) is 21.7. The monoisotopic (exact) mass is 330 g/mol. The second-order valence-electron chi connectivity index (χ2n) is 6.62. The Bertz CT molecular complexity index is 649. The van der Waals surface area contributed by atoms with Crippen LogP contribution in [0.3, 0.4) is 0 Å². The van der Waals surface area contributed by atoms with Crippen LogP contribution in [-0.2, 0) is 16.1 Å². The lowest BCUT2D eigenvalue weighted by Crippen LogP contribution is -2.13. The molecule has 0 unspecified atom stereocenters. The first-order chi connectivity index (χ1) is 10.6. The van der Waals surface area contributed by atoms with Crippen molar-refractivity contribution in [2.75, 3.05) is 0 Å². The molecule has 2 atom stereocenters. The fraction of sp³-hybridized carbons (Fsp3) is 0.471. The molecule has 1 aliphatic carbocycles. The Balaban J connectivity index is 2.11. The second kappa shape index (κ2) is 5.98. The van der Waals surface area contributed by atoms with Crippen LogP contribution in [-0.4, -0.2) is 5.97 Å². The predicted molar refractivity (Wildman–Crippen MR) is 76.3 cm³/mol. The van der Waals surface area contributed by atoms with Gasteiger partial charge in [-0.25, -0.2) is 17.6 Å². The van der Waals surface area contributed by atoms with Crippen LogP contribution in [0.4, 0.5) is 17.6 Å². The number of esters is 1. The van der Waals surface area contributed by atoms with Crippen LogP contribution in [0, 0.1) is 40.5 Å². The van der Waals surface area contributed by atoms with Crippen LogP contribution in [0.25, 0.3) is 0 Å². The summed E-state index contributed by atoms with van der Waals surface area (Å²) in [5.41, 5.74) is -0.200. The van der Waals surface area contributed by atoms with Gasteiger partial charge in [0.1, 0.15) is 6.61 Å². The minimum atomic E-state index is -1.55. The molecule has 1 aliphatic rings. The van der Waals surface area contributed by atoms with Crippen LogP contribution < -0.4 is 0 Å². The Kier molecular flexibility index (Phi) is 4.55. The number of rotatable bonds is 4. The SMILES string of the molecule is CC(C)=C[C@@H]1[C@@H](C(=O)OCc2c(F)c(F)cc(F)c2F)C1(C)C. The number of carbonyl (C=O) groups is 1. The molecule has 0 radical (unpaired) electrons. The summed E-state index contributed by atoms with van der Waals surface area (Å²) in [6, 6.07) is 0.116. The number of ether oxygens (including phenoxy) is 1. The van der Waals surface area contributed by atoms with Gasteiger partial charge in [0.05, 0.1) is 11.5 Å². The van der Waals surface area contributed by atoms with E-state index in [-0.39, 0.29) is 17.4 Å². The van der Waals surface area contributed by atoms with Crippen LogP contribution in [0.1, 0.15) is 33.3 Å². The summed E-state index contributed by atoms with van der Waals surface area (Å²) in [5, 5.41) is 0. The third-order valence-electron chi connectivity index (χ3n) is 4.24. The molecule has 0 bridgehead atoms. The van der Waals surface area contributed by atoms with E-state index in [1.165, 1.54) is 0 Å². The van der Waals surface area contributed by atoms with Crippen molar-refractivity contribution in [1.29, 1.82) is 0 Å². The van der Waals surface area contributed by atoms with Crippen LogP contribution >= 0.6 is 0 Å². The van der Waals surface area contributed by atoms with Crippen molar-refractivity contribution in [3.63, 3.8) is 0 Å². The summed E-state index contributed by atoms with van der Waals surface area (Å²) in [6.07, 6.45) is 1.94. The van der Waals surface area contributed by atoms with E-state index in [0.29, 0.717) is 0 Å². The van der Waals surface area contributed by atoms with Gasteiger partial charge in [-0.15, -0.1) is 0 Å². The second-order valence-corrected chi connectivity index (χ2v) is 6.62. The number of allylic oxidation sites excluding steroid dienone is 2. The Morgan fingerprint density at radius 1 is 1.17 bits per heavy atom. The Morgan fingerprint density at radius 3 is 2.17 bits per heavy atom. The van der Waals surface area contributed by atoms with Gasteiger partial charge in [0.15, 0.2) is 23.3 Å². The van der Waals surface area contributed by atoms with Gasteiger partial charge >= 0.3 is 5.97 Å². The summed E-state index contributed by atoms with van der Waals surface area (Å²) in [6.45, 7) is 6.71. The molecule has 0 spiro atoms. The maximum Gasteiger partial charge on any atom is 0.310 e. The Labute approximate surface area is 132 Å².